The van der Waals surface area contributed by atoms with Crippen molar-refractivity contribution in [2.45, 2.75) is 19.9 Å². The van der Waals surface area contributed by atoms with Crippen LogP contribution in [0.3, 0.4) is 0 Å². The van der Waals surface area contributed by atoms with Gasteiger partial charge in [0.2, 0.25) is 0 Å². The molecule has 0 bridgehead atoms. The van der Waals surface area contributed by atoms with E-state index in [0.29, 0.717) is 11.3 Å². The molecule has 0 saturated heterocycles. The Labute approximate surface area is 218 Å². The van der Waals surface area contributed by atoms with Gasteiger partial charge in [0.1, 0.15) is 5.75 Å². The van der Waals surface area contributed by atoms with Gasteiger partial charge in [0.15, 0.2) is 16.3 Å². The Morgan fingerprint density at radius 2 is 2.05 bits per heavy atom. The Morgan fingerprint density at radius 3 is 2.70 bits per heavy atom. The molecule has 4 rings (SSSR count). The molecule has 0 radical (unpaired) electrons. The van der Waals surface area contributed by atoms with Crippen molar-refractivity contribution in [1.29, 1.82) is 0 Å². The third-order valence-corrected chi connectivity index (χ3v) is 6.88. The van der Waals surface area contributed by atoms with E-state index in [1.54, 1.807) is 13.8 Å². The minimum atomic E-state index is -1.04. The molecule has 0 aliphatic carbocycles. The van der Waals surface area contributed by atoms with E-state index in [-0.39, 0.29) is 55.0 Å². The molecule has 13 heteroatoms. The van der Waals surface area contributed by atoms with E-state index in [9.17, 15) is 29.9 Å². The first-order valence-corrected chi connectivity index (χ1v) is 12.0. The Balaban J connectivity index is 2.01. The number of thiazole rings is 1. The molecule has 2 aromatic carbocycles. The lowest BCUT2D eigenvalue weighted by atomic mass is 9.95. The van der Waals surface area contributed by atoms with Crippen LogP contribution in [0.2, 0.25) is 5.02 Å². The minimum Gasteiger partial charge on any atom is -0.507 e. The lowest BCUT2D eigenvalue weighted by Crippen LogP contribution is -2.40. The van der Waals surface area contributed by atoms with Crippen LogP contribution >= 0.6 is 22.9 Å². The van der Waals surface area contributed by atoms with Crippen LogP contribution in [0.1, 0.15) is 31.0 Å². The monoisotopic (exact) mass is 545 g/mol. The summed E-state index contributed by atoms with van der Waals surface area (Å²) in [6, 6.07) is 5.27. The van der Waals surface area contributed by atoms with Crippen molar-refractivity contribution in [3.63, 3.8) is 0 Å². The zero-order valence-electron chi connectivity index (χ0n) is 19.7. The van der Waals surface area contributed by atoms with E-state index < -0.39 is 22.5 Å². The van der Waals surface area contributed by atoms with Gasteiger partial charge in [-0.05, 0) is 43.7 Å². The molecule has 2 heterocycles. The topological polar surface area (TPSA) is 153 Å². The second-order valence-corrected chi connectivity index (χ2v) is 9.27. The van der Waals surface area contributed by atoms with Gasteiger partial charge in [0.05, 0.1) is 45.5 Å². The van der Waals surface area contributed by atoms with Crippen molar-refractivity contribution in [3.8, 4) is 17.2 Å². The lowest BCUT2D eigenvalue weighted by Gasteiger charge is -2.25. The fraction of sp³-hybridized carbons (Fsp3) is 0.208. The number of esters is 1. The molecule has 0 spiro atoms. The Morgan fingerprint density at radius 1 is 1.32 bits per heavy atom. The van der Waals surface area contributed by atoms with Gasteiger partial charge < -0.3 is 19.7 Å². The number of aromatic nitrogens is 1. The summed E-state index contributed by atoms with van der Waals surface area (Å²) in [5.41, 5.74) is -0.0342. The standard InChI is InChI=1S/C24H20ClN3O8S/c1-4-36-23(32)19-11(2)26-24-27(20(19)13-8-15(25)21(30)17(9-13)35-3)22(31)18(37-24)10-12-7-14(28(33)34)5-6-16(12)29/h5-10,20,29-30H,4H2,1-3H3/b18-10+/t20-/m0/s1. The van der Waals surface area contributed by atoms with Gasteiger partial charge in [-0.2, -0.15) is 0 Å². The van der Waals surface area contributed by atoms with Gasteiger partial charge in [-0.1, -0.05) is 22.9 Å². The van der Waals surface area contributed by atoms with Crippen LogP contribution in [0.4, 0.5) is 5.69 Å². The molecule has 3 aromatic rings. The highest BCUT2D eigenvalue weighted by Crippen LogP contribution is 2.40. The van der Waals surface area contributed by atoms with E-state index in [0.717, 1.165) is 29.5 Å². The van der Waals surface area contributed by atoms with E-state index >= 15 is 0 Å². The van der Waals surface area contributed by atoms with Crippen molar-refractivity contribution in [1.82, 2.24) is 4.57 Å². The maximum Gasteiger partial charge on any atom is 0.338 e. The van der Waals surface area contributed by atoms with Gasteiger partial charge in [0, 0.05) is 17.7 Å². The largest absolute Gasteiger partial charge is 0.507 e. The van der Waals surface area contributed by atoms with Crippen molar-refractivity contribution < 1.29 is 29.4 Å². The molecule has 1 aliphatic heterocycles. The molecule has 0 fully saturated rings. The highest BCUT2D eigenvalue weighted by Gasteiger charge is 2.34. The number of methoxy groups -OCH3 is 1. The number of carbonyl (C=O) groups is 1. The second kappa shape index (κ2) is 10.1. The number of hydrogen-bond donors (Lipinski definition) is 2. The van der Waals surface area contributed by atoms with Gasteiger partial charge >= 0.3 is 5.97 Å². The van der Waals surface area contributed by atoms with Gasteiger partial charge in [-0.15, -0.1) is 0 Å². The lowest BCUT2D eigenvalue weighted by molar-refractivity contribution is -0.384. The average Bonchev–Trinajstić information content (AvgIpc) is 3.15. The Hall–Kier alpha value is -4.16. The molecule has 1 atom stereocenters. The number of aromatic hydroxyl groups is 2. The summed E-state index contributed by atoms with van der Waals surface area (Å²) in [6.07, 6.45) is 1.32. The number of phenolic OH excluding ortho intramolecular Hbond substituents is 2. The molecule has 192 valence electrons. The zero-order valence-corrected chi connectivity index (χ0v) is 21.3. The van der Waals surface area contributed by atoms with Crippen LogP contribution in [0.25, 0.3) is 6.08 Å². The third-order valence-electron chi connectivity index (χ3n) is 5.61. The van der Waals surface area contributed by atoms with Crippen molar-refractivity contribution in [2.24, 2.45) is 4.99 Å². The summed E-state index contributed by atoms with van der Waals surface area (Å²) in [6.45, 7) is 3.32. The maximum absolute atomic E-state index is 13.6. The summed E-state index contributed by atoms with van der Waals surface area (Å²) < 4.78 is 11.8. The zero-order chi connectivity index (χ0) is 27.0. The molecule has 37 heavy (non-hydrogen) atoms. The van der Waals surface area contributed by atoms with Crippen LogP contribution in [-0.4, -0.2) is 39.4 Å². The van der Waals surface area contributed by atoms with Gasteiger partial charge in [-0.3, -0.25) is 19.5 Å². The van der Waals surface area contributed by atoms with Gasteiger partial charge in [0.25, 0.3) is 11.2 Å². The number of ether oxygens (including phenoxy) is 2. The van der Waals surface area contributed by atoms with E-state index in [1.807, 2.05) is 0 Å². The number of phenols is 2. The summed E-state index contributed by atoms with van der Waals surface area (Å²) >= 11 is 7.19. The van der Waals surface area contributed by atoms with Crippen LogP contribution in [0, 0.1) is 10.1 Å². The first-order valence-electron chi connectivity index (χ1n) is 10.8. The number of nitro benzene ring substituents is 1. The molecule has 0 saturated carbocycles. The van der Waals surface area contributed by atoms with E-state index in [4.69, 9.17) is 21.1 Å². The van der Waals surface area contributed by atoms with Gasteiger partial charge in [-0.25, -0.2) is 9.79 Å². The van der Waals surface area contributed by atoms with Crippen molar-refractivity contribution in [3.05, 3.63) is 87.6 Å². The SMILES string of the molecule is CCOC(=O)C1=C(C)N=c2s/c(=C/c3cc([N+](=O)[O-])ccc3O)c(=O)n2[C@H]1c1cc(Cl)c(O)c(OC)c1. The fourth-order valence-corrected chi connectivity index (χ4v) is 5.18. The van der Waals surface area contributed by atoms with Crippen molar-refractivity contribution >= 4 is 40.7 Å². The molecular weight excluding hydrogens is 526 g/mol. The first-order chi connectivity index (χ1) is 17.6. The third kappa shape index (κ3) is 4.68. The number of hydrogen-bond acceptors (Lipinski definition) is 10. The number of rotatable bonds is 6. The molecule has 2 N–H and O–H groups in total. The second-order valence-electron chi connectivity index (χ2n) is 7.86. The molecule has 0 unspecified atom stereocenters. The molecular formula is C24H20ClN3O8S. The molecule has 11 nitrogen and oxygen atoms in total. The molecule has 1 aromatic heterocycles. The van der Waals surface area contributed by atoms with Crippen LogP contribution in [0.15, 0.2) is 51.4 Å². The highest BCUT2D eigenvalue weighted by atomic mass is 35.5. The number of allylic oxidation sites excluding steroid dienone is 1. The van der Waals surface area contributed by atoms with Crippen molar-refractivity contribution in [2.75, 3.05) is 13.7 Å². The Bertz CT molecular complexity index is 1660. The molecule has 0 amide bonds. The smallest absolute Gasteiger partial charge is 0.338 e. The number of nitrogens with zero attached hydrogens (tertiary/aromatic N) is 3. The maximum atomic E-state index is 13.6. The fourth-order valence-electron chi connectivity index (χ4n) is 3.93. The van der Waals surface area contributed by atoms with E-state index in [1.165, 1.54) is 29.9 Å². The summed E-state index contributed by atoms with van der Waals surface area (Å²) in [7, 11) is 1.33. The van der Waals surface area contributed by atoms with E-state index in [2.05, 4.69) is 4.99 Å². The summed E-state index contributed by atoms with van der Waals surface area (Å²) in [4.78, 5) is 41.9. The van der Waals surface area contributed by atoms with Crippen LogP contribution in [0.5, 0.6) is 17.2 Å². The predicted molar refractivity (Wildman–Crippen MR) is 135 cm³/mol. The van der Waals surface area contributed by atoms with Crippen LogP contribution in [-0.2, 0) is 9.53 Å². The first kappa shape index (κ1) is 25.9. The average molecular weight is 546 g/mol. The van der Waals surface area contributed by atoms with Crippen LogP contribution < -0.4 is 19.6 Å². The Kier molecular flexibility index (Phi) is 7.05. The number of carbonyl (C=O) groups excluding carboxylic acids is 1. The number of halogens is 1. The number of fused-ring (bicyclic) bond motifs is 1. The highest BCUT2D eigenvalue weighted by molar-refractivity contribution is 7.07. The quantitative estimate of drug-likeness (QED) is 0.272. The summed E-state index contributed by atoms with van der Waals surface area (Å²) in [5.74, 6) is -1.22. The number of non-ortho nitro benzene ring substituents is 1. The molecule has 1 aliphatic rings. The number of benzene rings is 2. The number of nitro groups is 1. The minimum absolute atomic E-state index is 0.0315. The summed E-state index contributed by atoms with van der Waals surface area (Å²) in [5, 5.41) is 31.6. The predicted octanol–water partition coefficient (Wildman–Crippen LogP) is 2.78. The normalized spacial score (nSPS) is 15.2.